The first-order chi connectivity index (χ1) is 12.3. The average molecular weight is 346 g/mol. The number of nitrogens with one attached hydrogen (secondary N) is 2. The highest BCUT2D eigenvalue weighted by Crippen LogP contribution is 2.24. The lowest BCUT2D eigenvalue weighted by molar-refractivity contribution is 1.13. The Labute approximate surface area is 150 Å². The van der Waals surface area contributed by atoms with Crippen LogP contribution in [0.15, 0.2) is 66.0 Å². The van der Waals surface area contributed by atoms with Crippen LogP contribution in [0, 0.1) is 6.92 Å². The molecule has 25 heavy (non-hydrogen) atoms. The van der Waals surface area contributed by atoms with Crippen LogP contribution in [0.3, 0.4) is 0 Å². The Kier molecular flexibility index (Phi) is 4.31. The molecule has 0 unspecified atom stereocenters. The number of hydrogen-bond acceptors (Lipinski definition) is 5. The highest BCUT2D eigenvalue weighted by atomic mass is 32.1. The van der Waals surface area contributed by atoms with E-state index in [2.05, 4.69) is 52.2 Å². The molecule has 4 aromatic rings. The van der Waals surface area contributed by atoms with Crippen molar-refractivity contribution in [2.45, 2.75) is 13.5 Å². The van der Waals surface area contributed by atoms with E-state index >= 15 is 0 Å². The maximum absolute atomic E-state index is 4.70. The standard InChI is InChI=1S/C20H18N4S/c1-14-6-4-7-15(12-14)22-20-23-18-10-3-2-9-17(18)19(24-20)21-13-16-8-5-11-25-16/h2-12H,13H2,1H3,(H2,21,22,23,24). The largest absolute Gasteiger partial charge is 0.364 e. The normalized spacial score (nSPS) is 10.8. The molecule has 0 bridgehead atoms. The number of nitrogens with zero attached hydrogens (tertiary/aromatic N) is 2. The summed E-state index contributed by atoms with van der Waals surface area (Å²) < 4.78 is 0. The number of para-hydroxylation sites is 1. The van der Waals surface area contributed by atoms with Crippen LogP contribution in [0.1, 0.15) is 10.4 Å². The molecule has 0 saturated carbocycles. The Morgan fingerprint density at radius 1 is 0.960 bits per heavy atom. The predicted molar refractivity (Wildman–Crippen MR) is 106 cm³/mol. The fourth-order valence-corrected chi connectivity index (χ4v) is 3.35. The van der Waals surface area contributed by atoms with Crippen LogP contribution in [0.2, 0.25) is 0 Å². The second kappa shape index (κ2) is 6.91. The maximum atomic E-state index is 4.70. The van der Waals surface area contributed by atoms with Crippen LogP contribution in [-0.2, 0) is 6.54 Å². The maximum Gasteiger partial charge on any atom is 0.229 e. The van der Waals surface area contributed by atoms with E-state index in [1.54, 1.807) is 11.3 Å². The summed E-state index contributed by atoms with van der Waals surface area (Å²) >= 11 is 1.73. The Morgan fingerprint density at radius 2 is 1.88 bits per heavy atom. The molecule has 0 aliphatic rings. The molecule has 2 heterocycles. The van der Waals surface area contributed by atoms with Gasteiger partial charge in [-0.05, 0) is 48.2 Å². The van der Waals surface area contributed by atoms with Crippen molar-refractivity contribution in [2.24, 2.45) is 0 Å². The molecule has 4 nitrogen and oxygen atoms in total. The van der Waals surface area contributed by atoms with Gasteiger partial charge in [0.25, 0.3) is 0 Å². The lowest BCUT2D eigenvalue weighted by Gasteiger charge is -2.11. The average Bonchev–Trinajstić information content (AvgIpc) is 3.13. The van der Waals surface area contributed by atoms with E-state index in [9.17, 15) is 0 Å². The van der Waals surface area contributed by atoms with Gasteiger partial charge in [0.15, 0.2) is 0 Å². The van der Waals surface area contributed by atoms with Gasteiger partial charge >= 0.3 is 0 Å². The van der Waals surface area contributed by atoms with Crippen molar-refractivity contribution < 1.29 is 0 Å². The smallest absolute Gasteiger partial charge is 0.229 e. The highest BCUT2D eigenvalue weighted by molar-refractivity contribution is 7.09. The van der Waals surface area contributed by atoms with E-state index in [1.807, 2.05) is 36.4 Å². The van der Waals surface area contributed by atoms with Gasteiger partial charge in [-0.1, -0.05) is 30.3 Å². The third-order valence-electron chi connectivity index (χ3n) is 3.89. The zero-order valence-corrected chi connectivity index (χ0v) is 14.7. The van der Waals surface area contributed by atoms with Crippen LogP contribution in [0.5, 0.6) is 0 Å². The van der Waals surface area contributed by atoms with Gasteiger partial charge in [-0.3, -0.25) is 0 Å². The summed E-state index contributed by atoms with van der Waals surface area (Å²) in [4.78, 5) is 10.6. The molecular formula is C20H18N4S. The molecule has 5 heteroatoms. The van der Waals surface area contributed by atoms with E-state index in [0.717, 1.165) is 29.0 Å². The summed E-state index contributed by atoms with van der Waals surface area (Å²) in [5.41, 5.74) is 3.10. The molecule has 2 aromatic heterocycles. The van der Waals surface area contributed by atoms with E-state index in [1.165, 1.54) is 10.4 Å². The molecule has 0 aliphatic heterocycles. The number of rotatable bonds is 5. The van der Waals surface area contributed by atoms with Gasteiger partial charge in [-0.25, -0.2) is 4.98 Å². The molecule has 2 aromatic carbocycles. The van der Waals surface area contributed by atoms with E-state index in [4.69, 9.17) is 4.98 Å². The van der Waals surface area contributed by atoms with Crippen molar-refractivity contribution in [1.82, 2.24) is 9.97 Å². The van der Waals surface area contributed by atoms with Gasteiger partial charge in [-0.2, -0.15) is 4.98 Å². The van der Waals surface area contributed by atoms with Crippen LogP contribution >= 0.6 is 11.3 Å². The molecule has 0 amide bonds. The molecule has 0 radical (unpaired) electrons. The summed E-state index contributed by atoms with van der Waals surface area (Å²) in [6, 6.07) is 20.4. The first-order valence-corrected chi connectivity index (χ1v) is 9.03. The van der Waals surface area contributed by atoms with Crippen molar-refractivity contribution >= 4 is 39.7 Å². The highest BCUT2D eigenvalue weighted by Gasteiger charge is 2.08. The quantitative estimate of drug-likeness (QED) is 0.511. The Bertz CT molecular complexity index is 996. The van der Waals surface area contributed by atoms with Crippen LogP contribution in [0.25, 0.3) is 10.9 Å². The number of aromatic nitrogens is 2. The Hall–Kier alpha value is -2.92. The first kappa shape index (κ1) is 15.6. The van der Waals surface area contributed by atoms with Crippen molar-refractivity contribution in [3.05, 3.63) is 76.5 Å². The molecule has 4 rings (SSSR count). The minimum absolute atomic E-state index is 0.595. The minimum atomic E-state index is 0.595. The second-order valence-corrected chi connectivity index (χ2v) is 6.87. The molecule has 2 N–H and O–H groups in total. The first-order valence-electron chi connectivity index (χ1n) is 8.15. The van der Waals surface area contributed by atoms with Crippen molar-refractivity contribution in [2.75, 3.05) is 10.6 Å². The molecule has 124 valence electrons. The van der Waals surface area contributed by atoms with Crippen molar-refractivity contribution in [1.29, 1.82) is 0 Å². The van der Waals surface area contributed by atoms with Crippen LogP contribution < -0.4 is 10.6 Å². The Balaban J connectivity index is 1.67. The zero-order chi connectivity index (χ0) is 17.1. The number of fused-ring (bicyclic) bond motifs is 1. The van der Waals surface area contributed by atoms with E-state index in [-0.39, 0.29) is 0 Å². The minimum Gasteiger partial charge on any atom is -0.364 e. The summed E-state index contributed by atoms with van der Waals surface area (Å²) in [6.07, 6.45) is 0. The van der Waals surface area contributed by atoms with Crippen molar-refractivity contribution in [3.8, 4) is 0 Å². The number of hydrogen-bond donors (Lipinski definition) is 2. The SMILES string of the molecule is Cc1cccc(Nc2nc(NCc3cccs3)c3ccccc3n2)c1. The number of anilines is 3. The summed E-state index contributed by atoms with van der Waals surface area (Å²) in [6.45, 7) is 2.82. The van der Waals surface area contributed by atoms with E-state index in [0.29, 0.717) is 5.95 Å². The number of aryl methyl sites for hydroxylation is 1. The van der Waals surface area contributed by atoms with Gasteiger partial charge in [0.2, 0.25) is 5.95 Å². The third-order valence-corrected chi connectivity index (χ3v) is 4.76. The van der Waals surface area contributed by atoms with Gasteiger partial charge in [-0.15, -0.1) is 11.3 Å². The van der Waals surface area contributed by atoms with Crippen molar-refractivity contribution in [3.63, 3.8) is 0 Å². The third kappa shape index (κ3) is 3.61. The van der Waals surface area contributed by atoms with Gasteiger partial charge in [0, 0.05) is 16.0 Å². The lowest BCUT2D eigenvalue weighted by atomic mass is 10.2. The summed E-state index contributed by atoms with van der Waals surface area (Å²) in [5.74, 6) is 1.44. The molecule has 0 spiro atoms. The summed E-state index contributed by atoms with van der Waals surface area (Å²) in [7, 11) is 0. The second-order valence-electron chi connectivity index (χ2n) is 5.84. The Morgan fingerprint density at radius 3 is 2.72 bits per heavy atom. The van der Waals surface area contributed by atoms with Crippen LogP contribution in [0.4, 0.5) is 17.5 Å². The molecular weight excluding hydrogens is 328 g/mol. The van der Waals surface area contributed by atoms with Gasteiger partial charge in [0.05, 0.1) is 12.1 Å². The number of thiophene rings is 1. The molecule has 0 aliphatic carbocycles. The fraction of sp³-hybridized carbons (Fsp3) is 0.100. The fourth-order valence-electron chi connectivity index (χ4n) is 2.70. The molecule has 0 saturated heterocycles. The lowest BCUT2D eigenvalue weighted by Crippen LogP contribution is -2.05. The topological polar surface area (TPSA) is 49.8 Å². The monoisotopic (exact) mass is 346 g/mol. The molecule has 0 fully saturated rings. The number of benzene rings is 2. The predicted octanol–water partition coefficient (Wildman–Crippen LogP) is 5.36. The summed E-state index contributed by atoms with van der Waals surface area (Å²) in [5, 5.41) is 9.86. The van der Waals surface area contributed by atoms with Gasteiger partial charge < -0.3 is 10.6 Å². The van der Waals surface area contributed by atoms with Crippen LogP contribution in [-0.4, -0.2) is 9.97 Å². The zero-order valence-electron chi connectivity index (χ0n) is 13.9. The molecule has 0 atom stereocenters. The van der Waals surface area contributed by atoms with Gasteiger partial charge in [0.1, 0.15) is 5.82 Å². The van der Waals surface area contributed by atoms with E-state index < -0.39 is 0 Å².